The normalized spacial score (nSPS) is 9.91. The largest absolute Gasteiger partial charge is 0.363 e. The van der Waals surface area contributed by atoms with Crippen LogP contribution in [0.3, 0.4) is 0 Å². The van der Waals surface area contributed by atoms with Crippen LogP contribution < -0.4 is 5.23 Å². The number of hydrogen-bond donors (Lipinski definition) is 1. The van der Waals surface area contributed by atoms with Gasteiger partial charge in [-0.15, -0.1) is 0 Å². The molecule has 0 heterocycles. The minimum absolute atomic E-state index is 0.740. The summed E-state index contributed by atoms with van der Waals surface area (Å²) in [5.74, 6) is 0. The van der Waals surface area contributed by atoms with Crippen LogP contribution in [-0.4, -0.2) is 7.98 Å². The first kappa shape index (κ1) is 8.34. The van der Waals surface area contributed by atoms with Gasteiger partial charge in [-0.05, 0) is 17.5 Å². The highest BCUT2D eigenvalue weighted by Gasteiger charge is 1.89. The van der Waals surface area contributed by atoms with E-state index in [9.17, 15) is 0 Å². The minimum atomic E-state index is 0.740. The molecule has 0 fully saturated rings. The molecule has 11 heavy (non-hydrogen) atoms. The van der Waals surface area contributed by atoms with Crippen LogP contribution in [0.2, 0.25) is 0 Å². The first-order valence-electron chi connectivity index (χ1n) is 3.88. The van der Waals surface area contributed by atoms with Gasteiger partial charge < -0.3 is 5.23 Å². The standard InChI is InChI=1S/C9H12BN/c1-2-8-3-5-9(6-4-8)7-11-10/h3-6,11H,2,7H2,1H3. The summed E-state index contributed by atoms with van der Waals surface area (Å²) >= 11 is 0. The molecule has 0 aromatic heterocycles. The summed E-state index contributed by atoms with van der Waals surface area (Å²) in [4.78, 5) is 0. The Morgan fingerprint density at radius 3 is 2.18 bits per heavy atom. The molecule has 0 unspecified atom stereocenters. The molecule has 56 valence electrons. The molecule has 2 radical (unpaired) electrons. The number of aryl methyl sites for hydroxylation is 1. The van der Waals surface area contributed by atoms with E-state index in [1.165, 1.54) is 11.1 Å². The van der Waals surface area contributed by atoms with Gasteiger partial charge in [-0.3, -0.25) is 0 Å². The van der Waals surface area contributed by atoms with Crippen molar-refractivity contribution in [3.8, 4) is 0 Å². The van der Waals surface area contributed by atoms with E-state index < -0.39 is 0 Å². The van der Waals surface area contributed by atoms with E-state index in [-0.39, 0.29) is 0 Å². The van der Waals surface area contributed by atoms with Crippen LogP contribution in [-0.2, 0) is 13.0 Å². The first-order valence-corrected chi connectivity index (χ1v) is 3.88. The molecular weight excluding hydrogens is 133 g/mol. The third-order valence-corrected chi connectivity index (χ3v) is 1.74. The zero-order chi connectivity index (χ0) is 8.10. The van der Waals surface area contributed by atoms with Gasteiger partial charge in [-0.1, -0.05) is 31.2 Å². The van der Waals surface area contributed by atoms with Crippen molar-refractivity contribution in [2.75, 3.05) is 0 Å². The molecule has 0 saturated heterocycles. The average molecular weight is 145 g/mol. The van der Waals surface area contributed by atoms with Crippen molar-refractivity contribution in [3.05, 3.63) is 35.4 Å². The predicted octanol–water partition coefficient (Wildman–Crippen LogP) is 1.42. The summed E-state index contributed by atoms with van der Waals surface area (Å²) in [5, 5.41) is 2.62. The highest BCUT2D eigenvalue weighted by atomic mass is 14.7. The van der Waals surface area contributed by atoms with Crippen molar-refractivity contribution in [3.63, 3.8) is 0 Å². The second kappa shape index (κ2) is 4.19. The molecule has 0 aliphatic heterocycles. The topological polar surface area (TPSA) is 12.0 Å². The summed E-state index contributed by atoms with van der Waals surface area (Å²) in [6.07, 6.45) is 1.09. The minimum Gasteiger partial charge on any atom is -0.363 e. The van der Waals surface area contributed by atoms with Crippen molar-refractivity contribution in [1.29, 1.82) is 0 Å². The zero-order valence-electron chi connectivity index (χ0n) is 6.80. The highest BCUT2D eigenvalue weighted by Crippen LogP contribution is 2.03. The number of hydrogen-bond acceptors (Lipinski definition) is 1. The maximum absolute atomic E-state index is 5.18. The van der Waals surface area contributed by atoms with Crippen molar-refractivity contribution < 1.29 is 0 Å². The molecule has 1 N–H and O–H groups in total. The number of benzene rings is 1. The van der Waals surface area contributed by atoms with Crippen LogP contribution >= 0.6 is 0 Å². The van der Waals surface area contributed by atoms with Gasteiger partial charge in [0.15, 0.2) is 7.98 Å². The summed E-state index contributed by atoms with van der Waals surface area (Å²) < 4.78 is 0. The molecule has 2 heteroatoms. The Labute approximate surface area is 69.3 Å². The molecule has 0 aliphatic rings. The van der Waals surface area contributed by atoms with Gasteiger partial charge in [0, 0.05) is 6.54 Å². The molecule has 0 aliphatic carbocycles. The fraction of sp³-hybridized carbons (Fsp3) is 0.333. The van der Waals surface area contributed by atoms with E-state index in [1.807, 2.05) is 0 Å². The Morgan fingerprint density at radius 2 is 1.73 bits per heavy atom. The van der Waals surface area contributed by atoms with E-state index in [0.29, 0.717) is 0 Å². The summed E-state index contributed by atoms with van der Waals surface area (Å²) in [7, 11) is 5.18. The first-order chi connectivity index (χ1) is 5.36. The lowest BCUT2D eigenvalue weighted by Gasteiger charge is -2.00. The van der Waals surface area contributed by atoms with Gasteiger partial charge >= 0.3 is 0 Å². The highest BCUT2D eigenvalue weighted by molar-refractivity contribution is 6.04. The Hall–Kier alpha value is -0.755. The quantitative estimate of drug-likeness (QED) is 0.634. The molecule has 1 aromatic rings. The molecule has 1 nitrogen and oxygen atoms in total. The van der Waals surface area contributed by atoms with E-state index in [4.69, 9.17) is 7.98 Å². The van der Waals surface area contributed by atoms with Crippen LogP contribution in [0.15, 0.2) is 24.3 Å². The average Bonchev–Trinajstić information content (AvgIpc) is 2.07. The van der Waals surface area contributed by atoms with E-state index in [0.717, 1.165) is 13.0 Å². The van der Waals surface area contributed by atoms with Crippen molar-refractivity contribution >= 4 is 7.98 Å². The van der Waals surface area contributed by atoms with Gasteiger partial charge in [0.05, 0.1) is 0 Å². The van der Waals surface area contributed by atoms with Gasteiger partial charge in [0.1, 0.15) is 0 Å². The fourth-order valence-electron chi connectivity index (χ4n) is 1.01. The molecule has 1 aromatic carbocycles. The number of rotatable bonds is 3. The maximum Gasteiger partial charge on any atom is 0.178 e. The van der Waals surface area contributed by atoms with E-state index in [1.54, 1.807) is 0 Å². The Morgan fingerprint density at radius 1 is 1.18 bits per heavy atom. The van der Waals surface area contributed by atoms with Crippen LogP contribution in [0.1, 0.15) is 18.1 Å². The van der Waals surface area contributed by atoms with Crippen molar-refractivity contribution in [1.82, 2.24) is 5.23 Å². The smallest absolute Gasteiger partial charge is 0.178 e. The predicted molar refractivity (Wildman–Crippen MR) is 48.4 cm³/mol. The molecule has 0 bridgehead atoms. The lowest BCUT2D eigenvalue weighted by Crippen LogP contribution is -2.06. The van der Waals surface area contributed by atoms with Crippen LogP contribution in [0.25, 0.3) is 0 Å². The Balaban J connectivity index is 2.66. The van der Waals surface area contributed by atoms with Gasteiger partial charge in [-0.2, -0.15) is 0 Å². The van der Waals surface area contributed by atoms with Crippen LogP contribution in [0.5, 0.6) is 0 Å². The Bertz CT molecular complexity index is 205. The van der Waals surface area contributed by atoms with Gasteiger partial charge in [-0.25, -0.2) is 0 Å². The van der Waals surface area contributed by atoms with E-state index >= 15 is 0 Å². The molecule has 0 spiro atoms. The zero-order valence-corrected chi connectivity index (χ0v) is 6.80. The lowest BCUT2D eigenvalue weighted by atomic mass is 10.1. The number of nitrogens with one attached hydrogen (secondary N) is 1. The summed E-state index contributed by atoms with van der Waals surface area (Å²) in [5.41, 5.74) is 2.59. The van der Waals surface area contributed by atoms with E-state index in [2.05, 4.69) is 36.4 Å². The summed E-state index contributed by atoms with van der Waals surface area (Å²) in [6, 6.07) is 8.46. The second-order valence-corrected chi connectivity index (χ2v) is 2.55. The monoisotopic (exact) mass is 145 g/mol. The Kier molecular flexibility index (Phi) is 3.18. The molecule has 0 saturated carbocycles. The van der Waals surface area contributed by atoms with Crippen molar-refractivity contribution in [2.45, 2.75) is 19.9 Å². The van der Waals surface area contributed by atoms with Crippen LogP contribution in [0.4, 0.5) is 0 Å². The van der Waals surface area contributed by atoms with Gasteiger partial charge in [0.2, 0.25) is 0 Å². The lowest BCUT2D eigenvalue weighted by molar-refractivity contribution is 0.958. The molecule has 0 atom stereocenters. The van der Waals surface area contributed by atoms with Crippen LogP contribution in [0, 0.1) is 0 Å². The maximum atomic E-state index is 5.18. The molecule has 1 rings (SSSR count). The second-order valence-electron chi connectivity index (χ2n) is 2.55. The van der Waals surface area contributed by atoms with Gasteiger partial charge in [0.25, 0.3) is 0 Å². The summed E-state index contributed by atoms with van der Waals surface area (Å²) in [6.45, 7) is 2.89. The van der Waals surface area contributed by atoms with Crippen molar-refractivity contribution in [2.24, 2.45) is 0 Å². The molecule has 0 amide bonds. The fourth-order valence-corrected chi connectivity index (χ4v) is 1.01. The third kappa shape index (κ3) is 2.39. The molecular formula is C9H12BN. The SMILES string of the molecule is [B]NCc1ccc(CC)cc1. The third-order valence-electron chi connectivity index (χ3n) is 1.74.